The Morgan fingerprint density at radius 1 is 1.41 bits per heavy atom. The lowest BCUT2D eigenvalue weighted by atomic mass is 9.96. The fourth-order valence-electron chi connectivity index (χ4n) is 2.08. The Bertz CT molecular complexity index is 366. The van der Waals surface area contributed by atoms with Gasteiger partial charge < -0.3 is 20.5 Å². The molecule has 3 N–H and O–H groups in total. The van der Waals surface area contributed by atoms with Crippen LogP contribution in [0.3, 0.4) is 0 Å². The van der Waals surface area contributed by atoms with Gasteiger partial charge in [0.25, 0.3) is 0 Å². The number of rotatable bonds is 5. The van der Waals surface area contributed by atoms with E-state index in [-0.39, 0.29) is 18.7 Å². The number of aliphatic hydroxyl groups excluding tert-OH is 1. The van der Waals surface area contributed by atoms with Gasteiger partial charge in [-0.15, -0.1) is 0 Å². The van der Waals surface area contributed by atoms with Crippen LogP contribution in [0.2, 0.25) is 0 Å². The summed E-state index contributed by atoms with van der Waals surface area (Å²) in [4.78, 5) is 2.00. The van der Waals surface area contributed by atoms with Crippen LogP contribution in [0.4, 0.5) is 0 Å². The Hall–Kier alpha value is -1.10. The zero-order valence-corrected chi connectivity index (χ0v) is 11.0. The van der Waals surface area contributed by atoms with E-state index in [1.807, 2.05) is 38.1 Å². The first-order valence-electron chi connectivity index (χ1n) is 5.68. The molecule has 2 atom stereocenters. The third kappa shape index (κ3) is 3.19. The van der Waals surface area contributed by atoms with Crippen molar-refractivity contribution in [3.05, 3.63) is 29.3 Å². The Morgan fingerprint density at radius 2 is 2.06 bits per heavy atom. The molecule has 4 heteroatoms. The average Bonchev–Trinajstić information content (AvgIpc) is 2.29. The second-order valence-electron chi connectivity index (χ2n) is 4.50. The number of nitrogens with zero attached hydrogens (tertiary/aromatic N) is 1. The van der Waals surface area contributed by atoms with Gasteiger partial charge in [0.1, 0.15) is 5.75 Å². The summed E-state index contributed by atoms with van der Waals surface area (Å²) < 4.78 is 5.36. The Labute approximate surface area is 103 Å². The van der Waals surface area contributed by atoms with E-state index in [0.717, 1.165) is 16.9 Å². The van der Waals surface area contributed by atoms with Gasteiger partial charge >= 0.3 is 0 Å². The van der Waals surface area contributed by atoms with Crippen LogP contribution < -0.4 is 10.5 Å². The maximum absolute atomic E-state index is 9.26. The smallest absolute Gasteiger partial charge is 0.123 e. The first-order chi connectivity index (χ1) is 8.01. The molecule has 0 spiro atoms. The van der Waals surface area contributed by atoms with Crippen LogP contribution in [-0.2, 0) is 0 Å². The molecule has 0 aliphatic heterocycles. The van der Waals surface area contributed by atoms with Crippen molar-refractivity contribution in [3.63, 3.8) is 0 Å². The highest BCUT2D eigenvalue weighted by molar-refractivity contribution is 5.40. The van der Waals surface area contributed by atoms with Crippen molar-refractivity contribution in [1.29, 1.82) is 0 Å². The first-order valence-corrected chi connectivity index (χ1v) is 5.68. The van der Waals surface area contributed by atoms with E-state index < -0.39 is 0 Å². The van der Waals surface area contributed by atoms with Crippen molar-refractivity contribution in [2.24, 2.45) is 5.73 Å². The van der Waals surface area contributed by atoms with Crippen LogP contribution in [0.15, 0.2) is 18.2 Å². The molecule has 0 fully saturated rings. The first kappa shape index (κ1) is 14.0. The molecule has 0 saturated carbocycles. The minimum Gasteiger partial charge on any atom is -0.496 e. The third-order valence-electron chi connectivity index (χ3n) is 2.88. The second-order valence-corrected chi connectivity index (χ2v) is 4.50. The van der Waals surface area contributed by atoms with Crippen LogP contribution >= 0.6 is 0 Å². The van der Waals surface area contributed by atoms with Crippen molar-refractivity contribution in [2.75, 3.05) is 27.8 Å². The molecule has 0 radical (unpaired) electrons. The summed E-state index contributed by atoms with van der Waals surface area (Å²) in [6, 6.07) is 5.60. The highest BCUT2D eigenvalue weighted by Crippen LogP contribution is 2.30. The quantitative estimate of drug-likeness (QED) is 0.801. The van der Waals surface area contributed by atoms with Gasteiger partial charge in [-0.25, -0.2) is 0 Å². The molecule has 0 heterocycles. The van der Waals surface area contributed by atoms with Gasteiger partial charge in [-0.2, -0.15) is 0 Å². The van der Waals surface area contributed by atoms with E-state index >= 15 is 0 Å². The molecule has 4 nitrogen and oxygen atoms in total. The van der Waals surface area contributed by atoms with Crippen LogP contribution in [-0.4, -0.2) is 43.9 Å². The van der Waals surface area contributed by atoms with Gasteiger partial charge in [0.15, 0.2) is 0 Å². The van der Waals surface area contributed by atoms with E-state index in [1.165, 1.54) is 0 Å². The maximum Gasteiger partial charge on any atom is 0.123 e. The van der Waals surface area contributed by atoms with Gasteiger partial charge in [0.2, 0.25) is 0 Å². The highest BCUT2D eigenvalue weighted by atomic mass is 16.5. The van der Waals surface area contributed by atoms with Gasteiger partial charge in [0, 0.05) is 11.6 Å². The lowest BCUT2D eigenvalue weighted by molar-refractivity contribution is 0.178. The molecule has 1 aromatic carbocycles. The predicted molar refractivity (Wildman–Crippen MR) is 69.2 cm³/mol. The fraction of sp³-hybridized carbons (Fsp3) is 0.538. The molecule has 0 aromatic heterocycles. The number of nitrogens with two attached hydrogens (primary N) is 1. The number of hydrogen-bond donors (Lipinski definition) is 2. The molecule has 0 bridgehead atoms. The molecule has 2 unspecified atom stereocenters. The van der Waals surface area contributed by atoms with Gasteiger partial charge in [-0.05, 0) is 27.1 Å². The minimum absolute atomic E-state index is 0.0556. The Morgan fingerprint density at radius 3 is 2.53 bits per heavy atom. The molecule has 0 aliphatic rings. The molecule has 1 rings (SSSR count). The van der Waals surface area contributed by atoms with Crippen LogP contribution in [0.25, 0.3) is 0 Å². The van der Waals surface area contributed by atoms with Crippen LogP contribution in [0.5, 0.6) is 5.75 Å². The van der Waals surface area contributed by atoms with Crippen LogP contribution in [0, 0.1) is 6.92 Å². The molecular weight excluding hydrogens is 216 g/mol. The number of benzene rings is 1. The summed E-state index contributed by atoms with van der Waals surface area (Å²) in [5.74, 6) is 0.804. The molecule has 96 valence electrons. The molecule has 1 aromatic rings. The summed E-state index contributed by atoms with van der Waals surface area (Å²) in [6.07, 6.45) is 0. The zero-order chi connectivity index (χ0) is 13.0. The van der Waals surface area contributed by atoms with E-state index in [9.17, 15) is 5.11 Å². The van der Waals surface area contributed by atoms with Gasteiger partial charge in [-0.1, -0.05) is 17.7 Å². The molecule has 0 saturated heterocycles. The summed E-state index contributed by atoms with van der Waals surface area (Å²) >= 11 is 0. The lowest BCUT2D eigenvalue weighted by Crippen LogP contribution is -2.40. The number of aliphatic hydroxyl groups is 1. The summed E-state index contributed by atoms with van der Waals surface area (Å²) in [5, 5.41) is 9.26. The zero-order valence-electron chi connectivity index (χ0n) is 11.0. The van der Waals surface area contributed by atoms with E-state index in [2.05, 4.69) is 6.07 Å². The normalized spacial score (nSPS) is 14.8. The average molecular weight is 238 g/mol. The second kappa shape index (κ2) is 6.00. The van der Waals surface area contributed by atoms with Crippen molar-refractivity contribution < 1.29 is 9.84 Å². The standard InChI is InChI=1S/C13H22N2O2/c1-9-5-6-12(17-4)10(7-9)13(15(2)3)11(14)8-16/h5-7,11,13,16H,8,14H2,1-4H3. The Balaban J connectivity index is 3.21. The number of methoxy groups -OCH3 is 1. The van der Waals surface area contributed by atoms with Crippen LogP contribution in [0.1, 0.15) is 17.2 Å². The number of ether oxygens (including phenoxy) is 1. The number of aryl methyl sites for hydroxylation is 1. The highest BCUT2D eigenvalue weighted by Gasteiger charge is 2.24. The van der Waals surface area contributed by atoms with E-state index in [4.69, 9.17) is 10.5 Å². The number of hydrogen-bond acceptors (Lipinski definition) is 4. The SMILES string of the molecule is COc1ccc(C)cc1C(C(N)CO)N(C)C. The molecule has 0 aliphatic carbocycles. The topological polar surface area (TPSA) is 58.7 Å². The molecular formula is C13H22N2O2. The number of likely N-dealkylation sites (N-methyl/N-ethyl adjacent to an activating group) is 1. The summed E-state index contributed by atoms with van der Waals surface area (Å²) in [5.41, 5.74) is 8.14. The summed E-state index contributed by atoms with van der Waals surface area (Å²) in [7, 11) is 5.54. The van der Waals surface area contributed by atoms with Gasteiger partial charge in [-0.3, -0.25) is 0 Å². The summed E-state index contributed by atoms with van der Waals surface area (Å²) in [6.45, 7) is 1.97. The van der Waals surface area contributed by atoms with Crippen molar-refractivity contribution >= 4 is 0 Å². The fourth-order valence-corrected chi connectivity index (χ4v) is 2.08. The maximum atomic E-state index is 9.26. The van der Waals surface area contributed by atoms with E-state index in [1.54, 1.807) is 7.11 Å². The van der Waals surface area contributed by atoms with Crippen molar-refractivity contribution in [2.45, 2.75) is 19.0 Å². The van der Waals surface area contributed by atoms with E-state index in [0.29, 0.717) is 0 Å². The lowest BCUT2D eigenvalue weighted by Gasteiger charge is -2.30. The largest absolute Gasteiger partial charge is 0.496 e. The third-order valence-corrected chi connectivity index (χ3v) is 2.88. The van der Waals surface area contributed by atoms with Crippen molar-refractivity contribution in [3.8, 4) is 5.75 Å². The van der Waals surface area contributed by atoms with Gasteiger partial charge in [0.05, 0.1) is 19.8 Å². The minimum atomic E-state index is -0.333. The molecule has 0 amide bonds. The predicted octanol–water partition coefficient (Wildman–Crippen LogP) is 0.926. The Kier molecular flexibility index (Phi) is 4.93. The van der Waals surface area contributed by atoms with Crippen molar-refractivity contribution in [1.82, 2.24) is 4.90 Å². The monoisotopic (exact) mass is 238 g/mol. The molecule has 17 heavy (non-hydrogen) atoms.